The van der Waals surface area contributed by atoms with Gasteiger partial charge in [0.25, 0.3) is 5.91 Å². The number of benzene rings is 2. The highest BCUT2D eigenvalue weighted by atomic mass is 19.4. The van der Waals surface area contributed by atoms with Gasteiger partial charge in [0.2, 0.25) is 5.96 Å². The lowest BCUT2D eigenvalue weighted by atomic mass is 10.1. The van der Waals surface area contributed by atoms with Crippen molar-refractivity contribution in [2.24, 2.45) is 4.99 Å². The fourth-order valence-electron chi connectivity index (χ4n) is 2.70. The van der Waals surface area contributed by atoms with Crippen molar-refractivity contribution in [2.75, 3.05) is 5.32 Å². The van der Waals surface area contributed by atoms with E-state index in [0.29, 0.717) is 18.2 Å². The van der Waals surface area contributed by atoms with Gasteiger partial charge in [-0.2, -0.15) is 36.4 Å². The molecular weight excluding hydrogens is 478 g/mol. The predicted molar refractivity (Wildman–Crippen MR) is 104 cm³/mol. The molecule has 0 aliphatic heterocycles. The van der Waals surface area contributed by atoms with Crippen molar-refractivity contribution in [3.63, 3.8) is 0 Å². The van der Waals surface area contributed by atoms with E-state index in [1.807, 2.05) is 5.10 Å². The zero-order valence-electron chi connectivity index (χ0n) is 16.7. The molecule has 0 saturated heterocycles. The first-order chi connectivity index (χ1) is 15.8. The third kappa shape index (κ3) is 6.08. The predicted octanol–water partition coefficient (Wildman–Crippen LogP) is 5.12. The number of nitrogens with one attached hydrogen (secondary N) is 3. The number of nitrogens with zero attached hydrogens (tertiary/aromatic N) is 2. The molecule has 0 aliphatic rings. The Morgan fingerprint density at radius 3 is 2.26 bits per heavy atom. The van der Waals surface area contributed by atoms with E-state index in [4.69, 9.17) is 0 Å². The van der Waals surface area contributed by atoms with Crippen LogP contribution < -0.4 is 10.6 Å². The maximum absolute atomic E-state index is 13.4. The van der Waals surface area contributed by atoms with Crippen LogP contribution in [0.25, 0.3) is 0 Å². The number of aromatic nitrogens is 2. The fourth-order valence-corrected chi connectivity index (χ4v) is 2.70. The Hall–Kier alpha value is -3.97. The van der Waals surface area contributed by atoms with Crippen molar-refractivity contribution in [3.05, 3.63) is 82.5 Å². The average molecular weight is 491 g/mol. The fraction of sp³-hybridized carbons (Fsp3) is 0.150. The van der Waals surface area contributed by atoms with E-state index in [1.165, 1.54) is 6.07 Å². The molecule has 0 fully saturated rings. The van der Waals surface area contributed by atoms with Gasteiger partial charge in [-0.25, -0.2) is 8.78 Å². The van der Waals surface area contributed by atoms with Gasteiger partial charge in [0.1, 0.15) is 5.82 Å². The van der Waals surface area contributed by atoms with Crippen LogP contribution in [0.4, 0.5) is 40.9 Å². The summed E-state index contributed by atoms with van der Waals surface area (Å²) < 4.78 is 105. The maximum atomic E-state index is 13.4. The molecule has 0 bridgehead atoms. The van der Waals surface area contributed by atoms with Crippen LogP contribution in [0.15, 0.2) is 53.5 Å². The summed E-state index contributed by atoms with van der Waals surface area (Å²) in [5.74, 6) is -4.73. The summed E-state index contributed by atoms with van der Waals surface area (Å²) in [7, 11) is 0. The third-order valence-electron chi connectivity index (χ3n) is 4.27. The van der Waals surface area contributed by atoms with Crippen LogP contribution in [0.1, 0.15) is 27.2 Å². The van der Waals surface area contributed by atoms with E-state index in [9.17, 15) is 39.9 Å². The average Bonchev–Trinajstić information content (AvgIpc) is 3.22. The number of carbonyl (C=O) groups excluding carboxylic acids is 1. The number of rotatable bonds is 4. The molecule has 3 aromatic rings. The largest absolute Gasteiger partial charge is 0.435 e. The Labute approximate surface area is 185 Å². The van der Waals surface area contributed by atoms with Gasteiger partial charge in [-0.15, -0.1) is 0 Å². The minimum absolute atomic E-state index is 0.259. The number of anilines is 1. The molecule has 6 nitrogen and oxygen atoms in total. The van der Waals surface area contributed by atoms with Gasteiger partial charge in [-0.05, 0) is 29.8 Å². The first-order valence-electron chi connectivity index (χ1n) is 9.21. The quantitative estimate of drug-likeness (QED) is 0.269. The standard InChI is InChI=1S/C20H13F8N5O/c21-13-6-5-10(7-14(13)22)17(34)31-18(30-16-8-15(32-33-16)20(26,27)28)29-9-11-3-1-2-4-12(11)19(23,24)25/h1-8H,9H2,(H3,29,30,31,32,33,34). The second-order valence-electron chi connectivity index (χ2n) is 6.69. The van der Waals surface area contributed by atoms with Crippen LogP contribution in [0.2, 0.25) is 0 Å². The zero-order chi connectivity index (χ0) is 25.1. The van der Waals surface area contributed by atoms with Crippen LogP contribution in [-0.2, 0) is 18.9 Å². The third-order valence-corrected chi connectivity index (χ3v) is 4.27. The molecule has 0 unspecified atom stereocenters. The Morgan fingerprint density at radius 1 is 0.941 bits per heavy atom. The number of aromatic amines is 1. The number of halogens is 8. The van der Waals surface area contributed by atoms with Gasteiger partial charge in [-0.1, -0.05) is 18.2 Å². The zero-order valence-corrected chi connectivity index (χ0v) is 16.7. The van der Waals surface area contributed by atoms with Crippen LogP contribution in [0.3, 0.4) is 0 Å². The summed E-state index contributed by atoms with van der Waals surface area (Å²) >= 11 is 0. The minimum Gasteiger partial charge on any atom is -0.352 e. The second kappa shape index (κ2) is 9.49. The lowest BCUT2D eigenvalue weighted by molar-refractivity contribution is -0.141. The van der Waals surface area contributed by atoms with E-state index in [1.54, 1.807) is 0 Å². The molecule has 0 saturated carbocycles. The summed E-state index contributed by atoms with van der Waals surface area (Å²) in [4.78, 5) is 15.9. The number of carbonyl (C=O) groups is 1. The smallest absolute Gasteiger partial charge is 0.352 e. The van der Waals surface area contributed by atoms with Gasteiger partial charge in [0.15, 0.2) is 17.3 Å². The molecule has 1 amide bonds. The Bertz CT molecular complexity index is 1220. The van der Waals surface area contributed by atoms with Crippen molar-refractivity contribution in [2.45, 2.75) is 18.9 Å². The molecule has 2 aromatic carbocycles. The Kier molecular flexibility index (Phi) is 6.88. The highest BCUT2D eigenvalue weighted by Crippen LogP contribution is 2.32. The van der Waals surface area contributed by atoms with E-state index >= 15 is 0 Å². The maximum Gasteiger partial charge on any atom is 0.435 e. The molecule has 1 heterocycles. The number of amides is 1. The van der Waals surface area contributed by atoms with Crippen LogP contribution in [0.5, 0.6) is 0 Å². The van der Waals surface area contributed by atoms with E-state index in [0.717, 1.165) is 24.3 Å². The van der Waals surface area contributed by atoms with Gasteiger partial charge in [-0.3, -0.25) is 9.89 Å². The molecule has 3 rings (SSSR count). The SMILES string of the molecule is O=C(/N=C(/NCc1ccccc1C(F)(F)F)Nc1cc(C(F)(F)F)n[nH]1)c1ccc(F)c(F)c1. The van der Waals surface area contributed by atoms with Crippen molar-refractivity contribution < 1.29 is 39.9 Å². The topological polar surface area (TPSA) is 82.2 Å². The first kappa shape index (κ1) is 24.7. The van der Waals surface area contributed by atoms with Crippen molar-refractivity contribution in [3.8, 4) is 0 Å². The van der Waals surface area contributed by atoms with Crippen LogP contribution in [-0.4, -0.2) is 22.1 Å². The Morgan fingerprint density at radius 2 is 1.65 bits per heavy atom. The molecular formula is C20H13F8N5O. The lowest BCUT2D eigenvalue weighted by Crippen LogP contribution is -2.32. The van der Waals surface area contributed by atoms with E-state index in [-0.39, 0.29) is 5.56 Å². The molecule has 1 aromatic heterocycles. The monoisotopic (exact) mass is 491 g/mol. The highest BCUT2D eigenvalue weighted by molar-refractivity contribution is 6.06. The van der Waals surface area contributed by atoms with Crippen molar-refractivity contribution in [1.29, 1.82) is 0 Å². The number of guanidine groups is 1. The second-order valence-corrected chi connectivity index (χ2v) is 6.69. The molecule has 34 heavy (non-hydrogen) atoms. The van der Waals surface area contributed by atoms with Crippen molar-refractivity contribution >= 4 is 17.7 Å². The molecule has 0 radical (unpaired) electrons. The van der Waals surface area contributed by atoms with Gasteiger partial charge in [0.05, 0.1) is 5.56 Å². The van der Waals surface area contributed by atoms with Gasteiger partial charge in [0, 0.05) is 18.2 Å². The summed E-state index contributed by atoms with van der Waals surface area (Å²) in [6, 6.07) is 7.07. The van der Waals surface area contributed by atoms with Gasteiger partial charge < -0.3 is 10.6 Å². The summed E-state index contributed by atoms with van der Waals surface area (Å²) in [5.41, 5.74) is -2.99. The minimum atomic E-state index is -4.80. The number of aliphatic imine (C=N–C) groups is 1. The number of H-pyrrole nitrogens is 1. The summed E-state index contributed by atoms with van der Waals surface area (Å²) in [6.45, 7) is -0.549. The highest BCUT2D eigenvalue weighted by Gasteiger charge is 2.34. The first-order valence-corrected chi connectivity index (χ1v) is 9.21. The molecule has 180 valence electrons. The van der Waals surface area contributed by atoms with E-state index < -0.39 is 65.0 Å². The summed E-state index contributed by atoms with van der Waals surface area (Å²) in [6.07, 6.45) is -9.50. The molecule has 14 heteroatoms. The number of hydrogen-bond acceptors (Lipinski definition) is 2. The number of alkyl halides is 6. The van der Waals surface area contributed by atoms with Crippen LogP contribution in [0, 0.1) is 11.6 Å². The van der Waals surface area contributed by atoms with Gasteiger partial charge >= 0.3 is 12.4 Å². The summed E-state index contributed by atoms with van der Waals surface area (Å²) in [5, 5.41) is 9.72. The molecule has 0 aliphatic carbocycles. The Balaban J connectivity index is 1.90. The van der Waals surface area contributed by atoms with E-state index in [2.05, 4.69) is 20.7 Å². The normalized spacial score (nSPS) is 12.5. The number of hydrogen-bond donors (Lipinski definition) is 3. The lowest BCUT2D eigenvalue weighted by Gasteiger charge is -2.15. The molecule has 0 spiro atoms. The molecule has 3 N–H and O–H groups in total. The van der Waals surface area contributed by atoms with Crippen molar-refractivity contribution in [1.82, 2.24) is 15.5 Å². The van der Waals surface area contributed by atoms with Crippen LogP contribution >= 0.6 is 0 Å². The molecule has 0 atom stereocenters.